The van der Waals surface area contributed by atoms with Gasteiger partial charge in [-0.1, -0.05) is 28.8 Å². The highest BCUT2D eigenvalue weighted by molar-refractivity contribution is 9.09. The van der Waals surface area contributed by atoms with Gasteiger partial charge < -0.3 is 9.32 Å². The summed E-state index contributed by atoms with van der Waals surface area (Å²) in [6.45, 7) is 1.09. The van der Waals surface area contributed by atoms with Gasteiger partial charge in [0.1, 0.15) is 11.4 Å². The smallest absolute Gasteiger partial charge is 0.139 e. The molecule has 0 N–H and O–H groups in total. The number of hydrogen-bond donors (Lipinski definition) is 0. The Bertz CT molecular complexity index is 525. The zero-order valence-electron chi connectivity index (χ0n) is 10.3. The van der Waals surface area contributed by atoms with Crippen LogP contribution in [0.4, 0.5) is 5.82 Å². The van der Waals surface area contributed by atoms with Crippen molar-refractivity contribution < 1.29 is 4.42 Å². The van der Waals surface area contributed by atoms with E-state index in [9.17, 15) is 0 Å². The average molecular weight is 309 g/mol. The fourth-order valence-corrected chi connectivity index (χ4v) is 3.40. The van der Waals surface area contributed by atoms with E-state index in [2.05, 4.69) is 25.8 Å². The number of fused-ring (bicyclic) bond motifs is 1. The van der Waals surface area contributed by atoms with Crippen LogP contribution in [0.25, 0.3) is 11.0 Å². The van der Waals surface area contributed by atoms with E-state index in [1.54, 1.807) is 6.26 Å². The fraction of sp³-hybridized carbons (Fsp3) is 0.500. The summed E-state index contributed by atoms with van der Waals surface area (Å²) < 4.78 is 5.47. The highest BCUT2D eigenvalue weighted by atomic mass is 79.9. The third-order valence-electron chi connectivity index (χ3n) is 3.69. The Labute approximate surface area is 115 Å². The lowest BCUT2D eigenvalue weighted by molar-refractivity contribution is 0.613. The SMILES string of the molecule is BrCC1CCCCCN1c1nccc2occc12. The number of aromatic nitrogens is 1. The number of hydrogen-bond acceptors (Lipinski definition) is 3. The number of anilines is 1. The van der Waals surface area contributed by atoms with E-state index in [0.717, 1.165) is 28.7 Å². The molecule has 18 heavy (non-hydrogen) atoms. The number of rotatable bonds is 2. The van der Waals surface area contributed by atoms with Crippen molar-refractivity contribution in [3.8, 4) is 0 Å². The van der Waals surface area contributed by atoms with Gasteiger partial charge in [0.05, 0.1) is 11.6 Å². The first-order valence-electron chi connectivity index (χ1n) is 6.55. The highest BCUT2D eigenvalue weighted by Gasteiger charge is 2.23. The molecule has 3 nitrogen and oxygen atoms in total. The van der Waals surface area contributed by atoms with Crippen molar-refractivity contribution in [3.63, 3.8) is 0 Å². The lowest BCUT2D eigenvalue weighted by atomic mass is 10.1. The molecule has 0 bridgehead atoms. The molecule has 1 aliphatic heterocycles. The zero-order chi connectivity index (χ0) is 12.4. The molecule has 0 aliphatic carbocycles. The van der Waals surface area contributed by atoms with Gasteiger partial charge in [-0.3, -0.25) is 0 Å². The topological polar surface area (TPSA) is 29.3 Å². The monoisotopic (exact) mass is 308 g/mol. The molecule has 1 atom stereocenters. The first kappa shape index (κ1) is 12.0. The summed E-state index contributed by atoms with van der Waals surface area (Å²) in [5, 5.41) is 2.13. The van der Waals surface area contributed by atoms with Gasteiger partial charge in [0.25, 0.3) is 0 Å². The quantitative estimate of drug-likeness (QED) is 0.786. The van der Waals surface area contributed by atoms with Gasteiger partial charge in [0.2, 0.25) is 0 Å². The number of pyridine rings is 1. The Morgan fingerprint density at radius 2 is 2.28 bits per heavy atom. The molecule has 0 spiro atoms. The van der Waals surface area contributed by atoms with Gasteiger partial charge in [-0.25, -0.2) is 4.98 Å². The van der Waals surface area contributed by atoms with Crippen molar-refractivity contribution in [1.82, 2.24) is 4.98 Å². The van der Waals surface area contributed by atoms with Gasteiger partial charge in [0, 0.05) is 24.1 Å². The minimum absolute atomic E-state index is 0.542. The van der Waals surface area contributed by atoms with E-state index in [1.165, 1.54) is 25.7 Å². The number of alkyl halides is 1. The maximum absolute atomic E-state index is 5.47. The molecule has 0 aromatic carbocycles. The molecule has 0 saturated carbocycles. The van der Waals surface area contributed by atoms with Gasteiger partial charge >= 0.3 is 0 Å². The van der Waals surface area contributed by atoms with Crippen LogP contribution in [0.1, 0.15) is 25.7 Å². The maximum atomic E-state index is 5.47. The third-order valence-corrected chi connectivity index (χ3v) is 4.43. The maximum Gasteiger partial charge on any atom is 0.139 e. The largest absolute Gasteiger partial charge is 0.464 e. The molecule has 1 aliphatic rings. The molecule has 2 aromatic rings. The molecular formula is C14H17BrN2O. The molecular weight excluding hydrogens is 292 g/mol. The molecule has 96 valence electrons. The van der Waals surface area contributed by atoms with Crippen LogP contribution >= 0.6 is 15.9 Å². The first-order chi connectivity index (χ1) is 8.90. The van der Waals surface area contributed by atoms with Crippen molar-refractivity contribution in [2.24, 2.45) is 0 Å². The van der Waals surface area contributed by atoms with Crippen molar-refractivity contribution >= 4 is 32.7 Å². The molecule has 1 fully saturated rings. The van der Waals surface area contributed by atoms with Gasteiger partial charge in [-0.2, -0.15) is 0 Å². The standard InChI is InChI=1S/C14H17BrN2O/c15-10-11-4-2-1-3-8-17(11)14-12-6-9-18-13(12)5-7-16-14/h5-7,9,11H,1-4,8,10H2. The third kappa shape index (κ3) is 2.14. The van der Waals surface area contributed by atoms with Crippen molar-refractivity contribution in [3.05, 3.63) is 24.6 Å². The van der Waals surface area contributed by atoms with Crippen molar-refractivity contribution in [1.29, 1.82) is 0 Å². The molecule has 3 rings (SSSR count). The molecule has 2 aromatic heterocycles. The van der Waals surface area contributed by atoms with E-state index in [-0.39, 0.29) is 0 Å². The normalized spacial score (nSPS) is 21.2. The van der Waals surface area contributed by atoms with Gasteiger partial charge in [0.15, 0.2) is 0 Å². The van der Waals surface area contributed by atoms with Crippen LogP contribution in [0.5, 0.6) is 0 Å². The van der Waals surface area contributed by atoms with Crippen LogP contribution in [0, 0.1) is 0 Å². The van der Waals surface area contributed by atoms with Crippen LogP contribution in [-0.4, -0.2) is 22.9 Å². The summed E-state index contributed by atoms with van der Waals surface area (Å²) >= 11 is 3.65. The van der Waals surface area contributed by atoms with Crippen LogP contribution in [0.3, 0.4) is 0 Å². The zero-order valence-corrected chi connectivity index (χ0v) is 11.9. The van der Waals surface area contributed by atoms with E-state index in [1.807, 2.05) is 18.3 Å². The Hall–Kier alpha value is -1.03. The minimum atomic E-state index is 0.542. The Morgan fingerprint density at radius 1 is 1.33 bits per heavy atom. The summed E-state index contributed by atoms with van der Waals surface area (Å²) in [5.41, 5.74) is 0.928. The summed E-state index contributed by atoms with van der Waals surface area (Å²) in [4.78, 5) is 7.03. The van der Waals surface area contributed by atoms with E-state index >= 15 is 0 Å². The first-order valence-corrected chi connectivity index (χ1v) is 7.67. The molecule has 1 saturated heterocycles. The van der Waals surface area contributed by atoms with Crippen LogP contribution in [0.15, 0.2) is 29.0 Å². The van der Waals surface area contributed by atoms with E-state index in [0.29, 0.717) is 6.04 Å². The van der Waals surface area contributed by atoms with Crippen LogP contribution in [-0.2, 0) is 0 Å². The van der Waals surface area contributed by atoms with Gasteiger partial charge in [-0.15, -0.1) is 0 Å². The Morgan fingerprint density at radius 3 is 3.17 bits per heavy atom. The van der Waals surface area contributed by atoms with Crippen LogP contribution in [0.2, 0.25) is 0 Å². The Balaban J connectivity index is 2.02. The summed E-state index contributed by atoms with van der Waals surface area (Å²) in [5.74, 6) is 1.08. The molecule has 4 heteroatoms. The second-order valence-electron chi connectivity index (χ2n) is 4.82. The number of nitrogens with zero attached hydrogens (tertiary/aromatic N) is 2. The molecule has 0 radical (unpaired) electrons. The molecule has 1 unspecified atom stereocenters. The Kier molecular flexibility index (Phi) is 3.55. The predicted molar refractivity (Wildman–Crippen MR) is 77.4 cm³/mol. The average Bonchev–Trinajstić information content (AvgIpc) is 2.76. The predicted octanol–water partition coefficient (Wildman–Crippen LogP) is 3.97. The van der Waals surface area contributed by atoms with E-state index < -0.39 is 0 Å². The second-order valence-corrected chi connectivity index (χ2v) is 5.47. The minimum Gasteiger partial charge on any atom is -0.464 e. The van der Waals surface area contributed by atoms with Gasteiger partial charge in [-0.05, 0) is 25.0 Å². The molecule has 3 heterocycles. The summed E-state index contributed by atoms with van der Waals surface area (Å²) in [6.07, 6.45) is 8.71. The highest BCUT2D eigenvalue weighted by Crippen LogP contribution is 2.30. The lowest BCUT2D eigenvalue weighted by Crippen LogP contribution is -2.36. The fourth-order valence-electron chi connectivity index (χ4n) is 2.73. The second kappa shape index (κ2) is 5.31. The number of halogens is 1. The lowest BCUT2D eigenvalue weighted by Gasteiger charge is -2.30. The summed E-state index contributed by atoms with van der Waals surface area (Å²) in [6, 6.07) is 4.49. The van der Waals surface area contributed by atoms with E-state index in [4.69, 9.17) is 4.42 Å². The van der Waals surface area contributed by atoms with Crippen molar-refractivity contribution in [2.75, 3.05) is 16.8 Å². The number of furan rings is 1. The summed E-state index contributed by atoms with van der Waals surface area (Å²) in [7, 11) is 0. The van der Waals surface area contributed by atoms with Crippen molar-refractivity contribution in [2.45, 2.75) is 31.7 Å². The molecule has 0 amide bonds. The van der Waals surface area contributed by atoms with Crippen LogP contribution < -0.4 is 4.90 Å².